The van der Waals surface area contributed by atoms with Crippen LogP contribution < -0.4 is 4.74 Å². The van der Waals surface area contributed by atoms with E-state index < -0.39 is 11.9 Å². The molecule has 1 atom stereocenters. The Bertz CT molecular complexity index is 646. The Labute approximate surface area is 111 Å². The molecule has 2 aromatic rings. The van der Waals surface area contributed by atoms with Gasteiger partial charge in [0.15, 0.2) is 0 Å². The maximum Gasteiger partial charge on any atom is 0.310 e. The van der Waals surface area contributed by atoms with Gasteiger partial charge in [0.25, 0.3) is 0 Å². The number of carboxylic acid groups (broad SMARTS) is 1. The number of rotatable bonds is 2. The minimum absolute atomic E-state index is 0.524. The van der Waals surface area contributed by atoms with Crippen molar-refractivity contribution in [1.82, 2.24) is 0 Å². The van der Waals surface area contributed by atoms with Gasteiger partial charge in [0.1, 0.15) is 11.5 Å². The van der Waals surface area contributed by atoms with Gasteiger partial charge in [0.05, 0.1) is 5.92 Å². The Hall–Kier alpha value is -2.29. The van der Waals surface area contributed by atoms with Crippen molar-refractivity contribution in [3.8, 4) is 11.5 Å². The van der Waals surface area contributed by atoms with Gasteiger partial charge >= 0.3 is 5.97 Å². The van der Waals surface area contributed by atoms with Gasteiger partial charge in [-0.15, -0.1) is 0 Å². The Morgan fingerprint density at radius 1 is 1.16 bits per heavy atom. The average Bonchev–Trinajstić information content (AvgIpc) is 2.43. The smallest absolute Gasteiger partial charge is 0.310 e. The van der Waals surface area contributed by atoms with Crippen LogP contribution in [0.15, 0.2) is 42.5 Å². The number of ether oxygens (including phenoxy) is 1. The fourth-order valence-corrected chi connectivity index (χ4v) is 2.46. The highest BCUT2D eigenvalue weighted by Crippen LogP contribution is 2.39. The van der Waals surface area contributed by atoms with Gasteiger partial charge in [-0.1, -0.05) is 30.3 Å². The summed E-state index contributed by atoms with van der Waals surface area (Å²) < 4.78 is 5.86. The first kappa shape index (κ1) is 11.8. The summed E-state index contributed by atoms with van der Waals surface area (Å²) in [5.74, 6) is 0.287. The summed E-state index contributed by atoms with van der Waals surface area (Å²) in [6.07, 6.45) is 0.722. The molecule has 0 amide bonds. The summed E-state index contributed by atoms with van der Waals surface area (Å²) in [5.41, 5.74) is 2.91. The molecule has 0 bridgehead atoms. The van der Waals surface area contributed by atoms with Crippen LogP contribution in [0.4, 0.5) is 0 Å². The van der Waals surface area contributed by atoms with E-state index in [2.05, 4.69) is 0 Å². The number of para-hydroxylation sites is 1. The largest absolute Gasteiger partial charge is 0.481 e. The highest BCUT2D eigenvalue weighted by atomic mass is 16.5. The van der Waals surface area contributed by atoms with Crippen molar-refractivity contribution in [1.29, 1.82) is 0 Å². The van der Waals surface area contributed by atoms with Gasteiger partial charge in [-0.2, -0.15) is 0 Å². The Morgan fingerprint density at radius 2 is 1.89 bits per heavy atom. The number of aliphatic carboxylic acids is 1. The van der Waals surface area contributed by atoms with Gasteiger partial charge in [-0.25, -0.2) is 0 Å². The number of hydrogen-bond donors (Lipinski definition) is 1. The molecule has 0 radical (unpaired) electrons. The lowest BCUT2D eigenvalue weighted by molar-refractivity contribution is -0.138. The van der Waals surface area contributed by atoms with E-state index in [-0.39, 0.29) is 0 Å². The summed E-state index contributed by atoms with van der Waals surface area (Å²) in [4.78, 5) is 11.2. The van der Waals surface area contributed by atoms with Crippen LogP contribution in [0.1, 0.15) is 29.5 Å². The second kappa shape index (κ2) is 4.43. The van der Waals surface area contributed by atoms with Crippen LogP contribution in [-0.2, 0) is 11.2 Å². The first-order valence-corrected chi connectivity index (χ1v) is 6.27. The predicted molar refractivity (Wildman–Crippen MR) is 71.8 cm³/mol. The van der Waals surface area contributed by atoms with Gasteiger partial charge < -0.3 is 9.84 Å². The van der Waals surface area contributed by atoms with E-state index in [4.69, 9.17) is 4.74 Å². The van der Waals surface area contributed by atoms with Gasteiger partial charge in [-0.3, -0.25) is 4.79 Å². The summed E-state index contributed by atoms with van der Waals surface area (Å²) in [6.45, 7) is 1.71. The second-order valence-corrected chi connectivity index (χ2v) is 4.77. The maximum atomic E-state index is 11.2. The number of hydrogen-bond acceptors (Lipinski definition) is 2. The Balaban J connectivity index is 2.08. The molecule has 0 fully saturated rings. The van der Waals surface area contributed by atoms with E-state index in [1.807, 2.05) is 42.5 Å². The summed E-state index contributed by atoms with van der Waals surface area (Å²) in [7, 11) is 0. The maximum absolute atomic E-state index is 11.2. The zero-order valence-electron chi connectivity index (χ0n) is 10.6. The molecule has 96 valence electrons. The molecule has 1 unspecified atom stereocenters. The molecular weight excluding hydrogens is 240 g/mol. The highest BCUT2D eigenvalue weighted by Gasteiger charge is 2.24. The third kappa shape index (κ3) is 1.97. The molecule has 1 N–H and O–H groups in total. The first-order valence-electron chi connectivity index (χ1n) is 6.27. The summed E-state index contributed by atoms with van der Waals surface area (Å²) in [5, 5.41) is 9.19. The normalized spacial score (nSPS) is 13.9. The molecule has 3 rings (SSSR count). The third-order valence-electron chi connectivity index (χ3n) is 3.57. The number of benzene rings is 2. The Kier molecular flexibility index (Phi) is 2.75. The van der Waals surface area contributed by atoms with Crippen LogP contribution in [0, 0.1) is 0 Å². The standard InChI is InChI=1S/C16H14O3/c1-10(16(17)18)12-6-4-8-15-13(12)9-11-5-2-3-7-14(11)19-15/h2-8,10H,9H2,1H3,(H,17,18). The SMILES string of the molecule is CC(C(=O)O)c1cccc2c1Cc1ccccc1O2. The zero-order valence-corrected chi connectivity index (χ0v) is 10.6. The van der Waals surface area contributed by atoms with Crippen LogP contribution in [-0.4, -0.2) is 11.1 Å². The molecule has 19 heavy (non-hydrogen) atoms. The minimum Gasteiger partial charge on any atom is -0.481 e. The van der Waals surface area contributed by atoms with E-state index in [9.17, 15) is 9.90 Å². The van der Waals surface area contributed by atoms with E-state index in [0.29, 0.717) is 0 Å². The van der Waals surface area contributed by atoms with Crippen molar-refractivity contribution >= 4 is 5.97 Å². The van der Waals surface area contributed by atoms with Crippen molar-refractivity contribution in [2.45, 2.75) is 19.3 Å². The van der Waals surface area contributed by atoms with Crippen molar-refractivity contribution in [2.75, 3.05) is 0 Å². The molecule has 2 aromatic carbocycles. The van der Waals surface area contributed by atoms with Crippen LogP contribution in [0.25, 0.3) is 0 Å². The molecule has 1 aliphatic rings. The lowest BCUT2D eigenvalue weighted by Gasteiger charge is -2.23. The van der Waals surface area contributed by atoms with Gasteiger partial charge in [-0.05, 0) is 30.2 Å². The molecule has 0 spiro atoms. The topological polar surface area (TPSA) is 46.5 Å². The monoisotopic (exact) mass is 254 g/mol. The number of carbonyl (C=O) groups is 1. The average molecular weight is 254 g/mol. The van der Waals surface area contributed by atoms with E-state index in [1.165, 1.54) is 0 Å². The van der Waals surface area contributed by atoms with Crippen LogP contribution in [0.5, 0.6) is 11.5 Å². The zero-order chi connectivity index (χ0) is 13.4. The molecule has 1 heterocycles. The molecular formula is C16H14O3. The molecule has 1 aliphatic heterocycles. The second-order valence-electron chi connectivity index (χ2n) is 4.77. The van der Waals surface area contributed by atoms with Gasteiger partial charge in [0.2, 0.25) is 0 Å². The van der Waals surface area contributed by atoms with Crippen molar-refractivity contribution in [3.63, 3.8) is 0 Å². The lowest BCUT2D eigenvalue weighted by Crippen LogP contribution is -2.13. The minimum atomic E-state index is -0.813. The fourth-order valence-electron chi connectivity index (χ4n) is 2.46. The Morgan fingerprint density at radius 3 is 2.68 bits per heavy atom. The summed E-state index contributed by atoms with van der Waals surface area (Å²) >= 11 is 0. The molecule has 0 aliphatic carbocycles. The van der Waals surface area contributed by atoms with E-state index in [0.717, 1.165) is 34.6 Å². The quantitative estimate of drug-likeness (QED) is 0.760. The predicted octanol–water partition coefficient (Wildman–Crippen LogP) is 3.57. The number of fused-ring (bicyclic) bond motifs is 2. The third-order valence-corrected chi connectivity index (χ3v) is 3.57. The van der Waals surface area contributed by atoms with E-state index in [1.54, 1.807) is 6.92 Å². The molecule has 0 saturated heterocycles. The van der Waals surface area contributed by atoms with Crippen LogP contribution in [0.2, 0.25) is 0 Å². The van der Waals surface area contributed by atoms with Crippen LogP contribution >= 0.6 is 0 Å². The molecule has 0 saturated carbocycles. The fraction of sp³-hybridized carbons (Fsp3) is 0.188. The molecule has 3 nitrogen and oxygen atoms in total. The first-order chi connectivity index (χ1) is 9.16. The van der Waals surface area contributed by atoms with Crippen molar-refractivity contribution in [2.24, 2.45) is 0 Å². The highest BCUT2D eigenvalue weighted by molar-refractivity contribution is 5.77. The van der Waals surface area contributed by atoms with Crippen LogP contribution in [0.3, 0.4) is 0 Å². The molecule has 3 heteroatoms. The van der Waals surface area contributed by atoms with E-state index >= 15 is 0 Å². The lowest BCUT2D eigenvalue weighted by atomic mass is 9.90. The van der Waals surface area contributed by atoms with Gasteiger partial charge in [0, 0.05) is 12.0 Å². The van der Waals surface area contributed by atoms with Crippen molar-refractivity contribution < 1.29 is 14.6 Å². The summed E-state index contributed by atoms with van der Waals surface area (Å²) in [6, 6.07) is 13.5. The number of carboxylic acids is 1. The molecule has 0 aromatic heterocycles. The van der Waals surface area contributed by atoms with Crippen molar-refractivity contribution in [3.05, 3.63) is 59.2 Å².